The van der Waals surface area contributed by atoms with Crippen molar-refractivity contribution in [1.29, 1.82) is 0 Å². The molecular weight excluding hydrogens is 352 g/mol. The Hall–Kier alpha value is -0.900. The molecule has 1 atom stereocenters. The first-order valence-electron chi connectivity index (χ1n) is 11.5. The van der Waals surface area contributed by atoms with Gasteiger partial charge in [0.1, 0.15) is 5.78 Å². The monoisotopic (exact) mass is 394 g/mol. The highest BCUT2D eigenvalue weighted by molar-refractivity contribution is 5.86. The maximum Gasteiger partial charge on any atom is 0.308 e. The van der Waals surface area contributed by atoms with Gasteiger partial charge in [0.25, 0.3) is 0 Å². The Kier molecular flexibility index (Phi) is 8.98. The van der Waals surface area contributed by atoms with Crippen LogP contribution in [-0.4, -0.2) is 31.1 Å². The minimum Gasteiger partial charge on any atom is -0.465 e. The van der Waals surface area contributed by atoms with E-state index >= 15 is 0 Å². The molecule has 0 radical (unpaired) electrons. The summed E-state index contributed by atoms with van der Waals surface area (Å²) in [7, 11) is 0. The van der Waals surface area contributed by atoms with E-state index in [9.17, 15) is 9.59 Å². The average molecular weight is 395 g/mol. The summed E-state index contributed by atoms with van der Waals surface area (Å²) in [6, 6.07) is 0. The van der Waals surface area contributed by atoms with E-state index in [1.54, 1.807) is 0 Å². The number of Topliss-reactive ketones (excluding diaryl/α,β-unsaturated/α-hetero) is 1. The summed E-state index contributed by atoms with van der Waals surface area (Å²) in [4.78, 5) is 24.9. The van der Waals surface area contributed by atoms with Crippen LogP contribution in [-0.2, 0) is 19.1 Å². The molecule has 1 unspecified atom stereocenters. The van der Waals surface area contributed by atoms with Gasteiger partial charge in [0.15, 0.2) is 0 Å². The van der Waals surface area contributed by atoms with Gasteiger partial charge in [0.2, 0.25) is 0 Å². The van der Waals surface area contributed by atoms with Gasteiger partial charge in [-0.1, -0.05) is 27.7 Å². The second kappa shape index (κ2) is 10.8. The van der Waals surface area contributed by atoms with Crippen molar-refractivity contribution in [3.05, 3.63) is 0 Å². The molecule has 28 heavy (non-hydrogen) atoms. The summed E-state index contributed by atoms with van der Waals surface area (Å²) in [6.45, 7) is 11.7. The van der Waals surface area contributed by atoms with Crippen LogP contribution in [0.25, 0.3) is 0 Å². The van der Waals surface area contributed by atoms with Crippen molar-refractivity contribution in [1.82, 2.24) is 0 Å². The zero-order valence-corrected chi connectivity index (χ0v) is 18.8. The summed E-state index contributed by atoms with van der Waals surface area (Å²) >= 11 is 0. The predicted octanol–water partition coefficient (Wildman–Crippen LogP) is 5.57. The SMILES string of the molecule is CCC(C)OCC1CCC(COC(=O)C2CCC(C(=O)C(C)(C)C)CC2)CC1. The van der Waals surface area contributed by atoms with E-state index in [-0.39, 0.29) is 23.2 Å². The number of carbonyl (C=O) groups is 2. The molecule has 2 fully saturated rings. The van der Waals surface area contributed by atoms with Crippen molar-refractivity contribution in [2.45, 2.75) is 98.5 Å². The number of rotatable bonds is 8. The Morgan fingerprint density at radius 1 is 0.857 bits per heavy atom. The van der Waals surface area contributed by atoms with Crippen LogP contribution < -0.4 is 0 Å². The summed E-state index contributed by atoms with van der Waals surface area (Å²) in [6.07, 6.45) is 9.30. The van der Waals surface area contributed by atoms with Gasteiger partial charge < -0.3 is 9.47 Å². The molecule has 0 bridgehead atoms. The van der Waals surface area contributed by atoms with E-state index in [1.165, 1.54) is 12.8 Å². The van der Waals surface area contributed by atoms with Crippen LogP contribution in [0.4, 0.5) is 0 Å². The summed E-state index contributed by atoms with van der Waals surface area (Å²) < 4.78 is 11.6. The molecule has 4 heteroatoms. The third kappa shape index (κ3) is 7.17. The van der Waals surface area contributed by atoms with Crippen LogP contribution in [0, 0.1) is 29.1 Å². The zero-order valence-electron chi connectivity index (χ0n) is 18.8. The van der Waals surface area contributed by atoms with Crippen molar-refractivity contribution in [2.75, 3.05) is 13.2 Å². The van der Waals surface area contributed by atoms with Gasteiger partial charge in [-0.05, 0) is 76.5 Å². The molecule has 4 nitrogen and oxygen atoms in total. The average Bonchev–Trinajstić information content (AvgIpc) is 2.69. The van der Waals surface area contributed by atoms with E-state index in [1.807, 2.05) is 20.8 Å². The third-order valence-corrected chi connectivity index (χ3v) is 6.79. The molecule has 2 aliphatic carbocycles. The number of ether oxygens (including phenoxy) is 2. The van der Waals surface area contributed by atoms with E-state index < -0.39 is 0 Å². The third-order valence-electron chi connectivity index (χ3n) is 6.79. The molecule has 0 aromatic heterocycles. The van der Waals surface area contributed by atoms with Crippen LogP contribution in [0.5, 0.6) is 0 Å². The maximum absolute atomic E-state index is 12.5. The maximum atomic E-state index is 12.5. The Balaban J connectivity index is 1.63. The van der Waals surface area contributed by atoms with E-state index in [0.717, 1.165) is 51.6 Å². The molecule has 2 rings (SSSR count). The highest BCUT2D eigenvalue weighted by Gasteiger charge is 2.35. The standard InChI is InChI=1S/C24H42O4/c1-6-17(2)27-15-18-7-9-19(10-8-18)16-28-23(26)21-13-11-20(12-14-21)22(25)24(3,4)5/h17-21H,6-16H2,1-5H3. The normalized spacial score (nSPS) is 29.9. The number of hydrogen-bond acceptors (Lipinski definition) is 4. The van der Waals surface area contributed by atoms with Crippen LogP contribution >= 0.6 is 0 Å². The molecule has 0 aliphatic heterocycles. The molecule has 0 aromatic rings. The molecule has 0 aromatic carbocycles. The van der Waals surface area contributed by atoms with Gasteiger partial charge in [0.05, 0.1) is 18.6 Å². The molecule has 162 valence electrons. The summed E-state index contributed by atoms with van der Waals surface area (Å²) in [5.74, 6) is 1.58. The van der Waals surface area contributed by atoms with Crippen molar-refractivity contribution in [3.63, 3.8) is 0 Å². The Morgan fingerprint density at radius 3 is 1.86 bits per heavy atom. The minimum atomic E-state index is -0.281. The fourth-order valence-electron chi connectivity index (χ4n) is 4.50. The van der Waals surface area contributed by atoms with Crippen molar-refractivity contribution < 1.29 is 19.1 Å². The van der Waals surface area contributed by atoms with Crippen LogP contribution in [0.2, 0.25) is 0 Å². The Morgan fingerprint density at radius 2 is 1.36 bits per heavy atom. The number of ketones is 1. The largest absolute Gasteiger partial charge is 0.465 e. The first kappa shape index (κ1) is 23.4. The quantitative estimate of drug-likeness (QED) is 0.505. The van der Waals surface area contributed by atoms with Crippen molar-refractivity contribution in [3.8, 4) is 0 Å². The van der Waals surface area contributed by atoms with Gasteiger partial charge in [-0.25, -0.2) is 0 Å². The minimum absolute atomic E-state index is 0.00992. The lowest BCUT2D eigenvalue weighted by atomic mass is 9.73. The Bertz CT molecular complexity index is 491. The molecule has 0 spiro atoms. The van der Waals surface area contributed by atoms with Gasteiger partial charge in [-0.3, -0.25) is 9.59 Å². The van der Waals surface area contributed by atoms with E-state index in [0.29, 0.717) is 30.3 Å². The molecule has 2 aliphatic rings. The van der Waals surface area contributed by atoms with Crippen molar-refractivity contribution in [2.24, 2.45) is 29.1 Å². The van der Waals surface area contributed by atoms with Gasteiger partial charge >= 0.3 is 5.97 Å². The van der Waals surface area contributed by atoms with Gasteiger partial charge in [-0.15, -0.1) is 0 Å². The number of carbonyl (C=O) groups excluding carboxylic acids is 2. The van der Waals surface area contributed by atoms with E-state index in [2.05, 4.69) is 13.8 Å². The first-order chi connectivity index (χ1) is 13.2. The lowest BCUT2D eigenvalue weighted by Gasteiger charge is -2.31. The predicted molar refractivity (Wildman–Crippen MR) is 112 cm³/mol. The number of hydrogen-bond donors (Lipinski definition) is 0. The molecule has 0 N–H and O–H groups in total. The zero-order chi connectivity index (χ0) is 20.7. The topological polar surface area (TPSA) is 52.6 Å². The van der Waals surface area contributed by atoms with Gasteiger partial charge in [-0.2, -0.15) is 0 Å². The Labute approximate surface area is 172 Å². The highest BCUT2D eigenvalue weighted by Crippen LogP contribution is 2.35. The van der Waals surface area contributed by atoms with Crippen LogP contribution in [0.3, 0.4) is 0 Å². The fraction of sp³-hybridized carbons (Fsp3) is 0.917. The van der Waals surface area contributed by atoms with Crippen LogP contribution in [0.1, 0.15) is 92.4 Å². The first-order valence-corrected chi connectivity index (χ1v) is 11.5. The highest BCUT2D eigenvalue weighted by atomic mass is 16.5. The van der Waals surface area contributed by atoms with Crippen LogP contribution in [0.15, 0.2) is 0 Å². The second-order valence-electron chi connectivity index (χ2n) is 10.2. The van der Waals surface area contributed by atoms with Gasteiger partial charge in [0, 0.05) is 17.9 Å². The lowest BCUT2D eigenvalue weighted by molar-refractivity contribution is -0.152. The van der Waals surface area contributed by atoms with E-state index in [4.69, 9.17) is 9.47 Å². The fourth-order valence-corrected chi connectivity index (χ4v) is 4.50. The molecule has 2 saturated carbocycles. The molecule has 0 amide bonds. The molecule has 0 heterocycles. The smallest absolute Gasteiger partial charge is 0.308 e. The molecular formula is C24H42O4. The summed E-state index contributed by atoms with van der Waals surface area (Å²) in [5.41, 5.74) is -0.281. The lowest BCUT2D eigenvalue weighted by Crippen LogP contribution is -2.33. The molecule has 0 saturated heterocycles. The second-order valence-corrected chi connectivity index (χ2v) is 10.2. The number of esters is 1. The summed E-state index contributed by atoms with van der Waals surface area (Å²) in [5, 5.41) is 0. The van der Waals surface area contributed by atoms with Crippen molar-refractivity contribution >= 4 is 11.8 Å².